The van der Waals surface area contributed by atoms with Crippen LogP contribution in [0.4, 0.5) is 5.82 Å². The third kappa shape index (κ3) is 3.02. The van der Waals surface area contributed by atoms with Gasteiger partial charge >= 0.3 is 0 Å². The van der Waals surface area contributed by atoms with E-state index in [-0.39, 0.29) is 5.92 Å². The predicted octanol–water partition coefficient (Wildman–Crippen LogP) is 2.96. The fourth-order valence-electron chi connectivity index (χ4n) is 3.45. The first-order valence-electron chi connectivity index (χ1n) is 9.24. The van der Waals surface area contributed by atoms with Crippen molar-refractivity contribution in [3.05, 3.63) is 54.4 Å². The monoisotopic (exact) mass is 373 g/mol. The summed E-state index contributed by atoms with van der Waals surface area (Å²) in [5.74, 6) is 1.98. The highest BCUT2D eigenvalue weighted by atomic mass is 16.5. The van der Waals surface area contributed by atoms with Crippen LogP contribution >= 0.6 is 0 Å². The minimum atomic E-state index is 0.261. The Bertz CT molecular complexity index is 1140. The van der Waals surface area contributed by atoms with Crippen molar-refractivity contribution >= 4 is 16.9 Å². The molecule has 0 amide bonds. The summed E-state index contributed by atoms with van der Waals surface area (Å²) in [6.07, 6.45) is 7.85. The SMILES string of the molecule is CC(CNc1cc(-c2cnc3[nH]ncc3c2)ncn1)c1ccnc2c1OCC2. The smallest absolute Gasteiger partial charge is 0.155 e. The van der Waals surface area contributed by atoms with Gasteiger partial charge in [-0.15, -0.1) is 0 Å². The number of hydrogen-bond acceptors (Lipinski definition) is 7. The van der Waals surface area contributed by atoms with Gasteiger partial charge in [0.25, 0.3) is 0 Å². The fraction of sp³-hybridized carbons (Fsp3) is 0.250. The first-order valence-corrected chi connectivity index (χ1v) is 9.24. The number of rotatable bonds is 5. The highest BCUT2D eigenvalue weighted by Crippen LogP contribution is 2.33. The van der Waals surface area contributed by atoms with Gasteiger partial charge in [0.15, 0.2) is 5.65 Å². The summed E-state index contributed by atoms with van der Waals surface area (Å²) in [5.41, 5.74) is 4.73. The lowest BCUT2D eigenvalue weighted by molar-refractivity contribution is 0.352. The molecule has 0 aliphatic carbocycles. The molecule has 1 unspecified atom stereocenters. The topological polar surface area (TPSA) is 102 Å². The van der Waals surface area contributed by atoms with Crippen LogP contribution < -0.4 is 10.1 Å². The Hall–Kier alpha value is -3.55. The van der Waals surface area contributed by atoms with E-state index in [2.05, 4.69) is 42.4 Å². The predicted molar refractivity (Wildman–Crippen MR) is 105 cm³/mol. The molecule has 0 radical (unpaired) electrons. The zero-order chi connectivity index (χ0) is 18.9. The van der Waals surface area contributed by atoms with E-state index in [9.17, 15) is 0 Å². The largest absolute Gasteiger partial charge is 0.491 e. The number of anilines is 1. The highest BCUT2D eigenvalue weighted by Gasteiger charge is 2.20. The summed E-state index contributed by atoms with van der Waals surface area (Å²) in [4.78, 5) is 17.5. The van der Waals surface area contributed by atoms with Gasteiger partial charge in [-0.25, -0.2) is 15.0 Å². The van der Waals surface area contributed by atoms with Gasteiger partial charge < -0.3 is 10.1 Å². The lowest BCUT2D eigenvalue weighted by Gasteiger charge is -2.16. The second-order valence-electron chi connectivity index (χ2n) is 6.88. The molecule has 0 bridgehead atoms. The van der Waals surface area contributed by atoms with Crippen molar-refractivity contribution in [3.8, 4) is 17.0 Å². The molecule has 8 heteroatoms. The Kier molecular flexibility index (Phi) is 4.08. The first-order chi connectivity index (χ1) is 13.8. The maximum atomic E-state index is 5.78. The molecule has 4 aromatic rings. The van der Waals surface area contributed by atoms with E-state index in [0.29, 0.717) is 6.61 Å². The molecule has 0 aromatic carbocycles. The summed E-state index contributed by atoms with van der Waals surface area (Å²) >= 11 is 0. The number of H-pyrrole nitrogens is 1. The molecule has 0 spiro atoms. The molecule has 4 aromatic heterocycles. The second-order valence-corrected chi connectivity index (χ2v) is 6.88. The second kappa shape index (κ2) is 6.88. The van der Waals surface area contributed by atoms with Crippen LogP contribution in [0.15, 0.2) is 43.1 Å². The van der Waals surface area contributed by atoms with E-state index >= 15 is 0 Å². The van der Waals surface area contributed by atoms with Gasteiger partial charge in [0.05, 0.1) is 24.2 Å². The number of nitrogens with zero attached hydrogens (tertiary/aromatic N) is 5. The van der Waals surface area contributed by atoms with Gasteiger partial charge in [-0.3, -0.25) is 10.1 Å². The van der Waals surface area contributed by atoms with Crippen molar-refractivity contribution in [2.45, 2.75) is 19.3 Å². The summed E-state index contributed by atoms with van der Waals surface area (Å²) < 4.78 is 5.78. The Balaban J connectivity index is 1.34. The molecule has 28 heavy (non-hydrogen) atoms. The van der Waals surface area contributed by atoms with E-state index in [1.165, 1.54) is 5.56 Å². The maximum absolute atomic E-state index is 5.78. The standard InChI is InChI=1S/C20H19N7O/c1-12(15-2-4-21-16-3-5-28-19(15)16)8-22-18-7-17(24-11-25-18)13-6-14-10-26-27-20(14)23-9-13/h2,4,6-7,9-12H,3,5,8H2,1H3,(H,22,24,25)(H,23,26,27). The van der Waals surface area contributed by atoms with Gasteiger partial charge in [0.1, 0.15) is 17.9 Å². The number of pyridine rings is 2. The van der Waals surface area contributed by atoms with E-state index in [1.54, 1.807) is 18.7 Å². The molecule has 0 saturated carbocycles. The van der Waals surface area contributed by atoms with Gasteiger partial charge in [0, 0.05) is 53.9 Å². The van der Waals surface area contributed by atoms with Crippen molar-refractivity contribution in [1.82, 2.24) is 30.1 Å². The van der Waals surface area contributed by atoms with Gasteiger partial charge in [-0.2, -0.15) is 5.10 Å². The summed E-state index contributed by atoms with van der Waals surface area (Å²) in [6, 6.07) is 5.98. The van der Waals surface area contributed by atoms with Crippen LogP contribution in [0.3, 0.4) is 0 Å². The Labute approximate surface area is 161 Å². The van der Waals surface area contributed by atoms with Gasteiger partial charge in [-0.1, -0.05) is 6.92 Å². The van der Waals surface area contributed by atoms with E-state index in [4.69, 9.17) is 4.74 Å². The van der Waals surface area contributed by atoms with Crippen LogP contribution in [0.1, 0.15) is 24.1 Å². The molecular weight excluding hydrogens is 354 g/mol. The van der Waals surface area contributed by atoms with E-state index < -0.39 is 0 Å². The summed E-state index contributed by atoms with van der Waals surface area (Å²) in [5, 5.41) is 11.2. The first kappa shape index (κ1) is 16.6. The Morgan fingerprint density at radius 2 is 2.14 bits per heavy atom. The summed E-state index contributed by atoms with van der Waals surface area (Å²) in [7, 11) is 0. The molecule has 2 N–H and O–H groups in total. The molecule has 0 saturated heterocycles. The molecule has 1 aliphatic heterocycles. The van der Waals surface area contributed by atoms with Crippen molar-refractivity contribution in [3.63, 3.8) is 0 Å². The zero-order valence-corrected chi connectivity index (χ0v) is 15.4. The van der Waals surface area contributed by atoms with Crippen molar-refractivity contribution in [2.24, 2.45) is 0 Å². The number of aromatic amines is 1. The number of ether oxygens (including phenoxy) is 1. The zero-order valence-electron chi connectivity index (χ0n) is 15.4. The molecule has 1 aliphatic rings. The molecular formula is C20H19N7O. The maximum Gasteiger partial charge on any atom is 0.155 e. The number of fused-ring (bicyclic) bond motifs is 2. The quantitative estimate of drug-likeness (QED) is 0.554. The van der Waals surface area contributed by atoms with Crippen molar-refractivity contribution in [2.75, 3.05) is 18.5 Å². The lowest BCUT2D eigenvalue weighted by atomic mass is 10.00. The molecule has 0 fully saturated rings. The van der Waals surface area contributed by atoms with Crippen molar-refractivity contribution < 1.29 is 4.74 Å². The minimum Gasteiger partial charge on any atom is -0.491 e. The fourth-order valence-corrected chi connectivity index (χ4v) is 3.45. The molecule has 5 rings (SSSR count). The number of nitrogens with one attached hydrogen (secondary N) is 2. The van der Waals surface area contributed by atoms with Crippen LogP contribution in [0, 0.1) is 0 Å². The highest BCUT2D eigenvalue weighted by molar-refractivity contribution is 5.79. The minimum absolute atomic E-state index is 0.261. The van der Waals surface area contributed by atoms with E-state index in [0.717, 1.165) is 52.5 Å². The molecule has 5 heterocycles. The third-order valence-corrected chi connectivity index (χ3v) is 4.97. The average Bonchev–Trinajstić information content (AvgIpc) is 3.40. The van der Waals surface area contributed by atoms with Crippen LogP contribution in [0.5, 0.6) is 5.75 Å². The van der Waals surface area contributed by atoms with E-state index in [1.807, 2.05) is 24.4 Å². The summed E-state index contributed by atoms with van der Waals surface area (Å²) in [6.45, 7) is 3.61. The normalized spacial score (nSPS) is 13.9. The van der Waals surface area contributed by atoms with Gasteiger partial charge in [0.2, 0.25) is 0 Å². The van der Waals surface area contributed by atoms with Crippen LogP contribution in [0.2, 0.25) is 0 Å². The third-order valence-electron chi connectivity index (χ3n) is 4.97. The van der Waals surface area contributed by atoms with Crippen LogP contribution in [-0.2, 0) is 6.42 Å². The van der Waals surface area contributed by atoms with Crippen molar-refractivity contribution in [1.29, 1.82) is 0 Å². The van der Waals surface area contributed by atoms with Crippen LogP contribution in [-0.4, -0.2) is 43.3 Å². The Morgan fingerprint density at radius 1 is 1.18 bits per heavy atom. The van der Waals surface area contributed by atoms with Crippen LogP contribution in [0.25, 0.3) is 22.3 Å². The molecule has 140 valence electrons. The molecule has 1 atom stereocenters. The Morgan fingerprint density at radius 3 is 3.11 bits per heavy atom. The average molecular weight is 373 g/mol. The number of hydrogen-bond donors (Lipinski definition) is 2. The number of aromatic nitrogens is 6. The molecule has 8 nitrogen and oxygen atoms in total. The lowest BCUT2D eigenvalue weighted by Crippen LogP contribution is -2.12. The van der Waals surface area contributed by atoms with Gasteiger partial charge in [-0.05, 0) is 12.1 Å².